The molecule has 0 amide bonds. The third kappa shape index (κ3) is 5.13. The Labute approximate surface area is 74.0 Å². The molecule has 0 aliphatic carbocycles. The predicted octanol–water partition coefficient (Wildman–Crippen LogP) is 1.57. The van der Waals surface area contributed by atoms with Gasteiger partial charge in [-0.25, -0.2) is 4.79 Å². The molecule has 0 saturated carbocycles. The molecule has 1 radical (unpaired) electrons. The van der Waals surface area contributed by atoms with Crippen LogP contribution < -0.4 is 0 Å². The molecule has 0 bridgehead atoms. The Bertz CT molecular complexity index is 146. The van der Waals surface area contributed by atoms with Crippen molar-refractivity contribution < 1.29 is 14.3 Å². The van der Waals surface area contributed by atoms with Crippen molar-refractivity contribution in [1.82, 2.24) is 0 Å². The average Bonchev–Trinajstić information content (AvgIpc) is 1.84. The van der Waals surface area contributed by atoms with Crippen molar-refractivity contribution in [3.63, 3.8) is 0 Å². The zero-order chi connectivity index (χ0) is 9.78. The van der Waals surface area contributed by atoms with E-state index >= 15 is 0 Å². The monoisotopic (exact) mass is 173 g/mol. The fraction of sp³-hybridized carbons (Fsp3) is 0.778. The van der Waals surface area contributed by atoms with Crippen LogP contribution in [0.3, 0.4) is 0 Å². The summed E-state index contributed by atoms with van der Waals surface area (Å²) < 4.78 is 9.99. The Hall–Kier alpha value is -0.570. The molecule has 3 nitrogen and oxygen atoms in total. The summed E-state index contributed by atoms with van der Waals surface area (Å²) in [5.74, 6) is -0.413. The first-order valence-electron chi connectivity index (χ1n) is 4.04. The fourth-order valence-corrected chi connectivity index (χ4v) is 0.637. The van der Waals surface area contributed by atoms with E-state index in [0.29, 0.717) is 6.61 Å². The van der Waals surface area contributed by atoms with Gasteiger partial charge in [-0.2, -0.15) is 0 Å². The van der Waals surface area contributed by atoms with E-state index in [1.165, 1.54) is 0 Å². The maximum absolute atomic E-state index is 11.1. The third-order valence-corrected chi connectivity index (χ3v) is 1.04. The number of carbonyl (C=O) groups is 1. The van der Waals surface area contributed by atoms with Gasteiger partial charge in [0.25, 0.3) is 0 Å². The molecule has 0 aromatic rings. The third-order valence-electron chi connectivity index (χ3n) is 1.04. The van der Waals surface area contributed by atoms with E-state index in [2.05, 4.69) is 6.92 Å². The van der Waals surface area contributed by atoms with Crippen LogP contribution in [0, 0.1) is 6.92 Å². The van der Waals surface area contributed by atoms with E-state index in [0.717, 1.165) is 0 Å². The number of ether oxygens (including phenoxy) is 2. The molecule has 0 rings (SSSR count). The van der Waals surface area contributed by atoms with Crippen molar-refractivity contribution >= 4 is 5.97 Å². The van der Waals surface area contributed by atoms with Gasteiger partial charge in [-0.3, -0.25) is 0 Å². The summed E-state index contributed by atoms with van der Waals surface area (Å²) in [6, 6.07) is 0. The van der Waals surface area contributed by atoms with Crippen LogP contribution in [0.4, 0.5) is 0 Å². The summed E-state index contributed by atoms with van der Waals surface area (Å²) in [6.45, 7) is 11.2. The van der Waals surface area contributed by atoms with Gasteiger partial charge in [0.2, 0.25) is 0 Å². The van der Waals surface area contributed by atoms with E-state index in [1.54, 1.807) is 0 Å². The molecule has 0 aliphatic rings. The summed E-state index contributed by atoms with van der Waals surface area (Å²) in [6.07, 6.45) is -0.714. The van der Waals surface area contributed by atoms with E-state index in [4.69, 9.17) is 9.47 Å². The lowest BCUT2D eigenvalue weighted by Crippen LogP contribution is -2.31. The molecule has 12 heavy (non-hydrogen) atoms. The molecule has 1 atom stereocenters. The molecule has 0 N–H and O–H groups in total. The van der Waals surface area contributed by atoms with Crippen LogP contribution in [0.1, 0.15) is 27.7 Å². The van der Waals surface area contributed by atoms with Gasteiger partial charge in [0.1, 0.15) is 5.60 Å². The molecule has 0 spiro atoms. The maximum atomic E-state index is 11.1. The minimum absolute atomic E-state index is 0.413. The van der Waals surface area contributed by atoms with Gasteiger partial charge in [-0.1, -0.05) is 0 Å². The van der Waals surface area contributed by atoms with Crippen LogP contribution >= 0.6 is 0 Å². The van der Waals surface area contributed by atoms with E-state index < -0.39 is 17.7 Å². The zero-order valence-corrected chi connectivity index (χ0v) is 8.22. The number of rotatable bonds is 3. The number of hydrogen-bond donors (Lipinski definition) is 0. The second-order valence-electron chi connectivity index (χ2n) is 3.48. The van der Waals surface area contributed by atoms with Gasteiger partial charge in [-0.15, -0.1) is 0 Å². The normalized spacial score (nSPS) is 14.1. The second kappa shape index (κ2) is 4.45. The lowest BCUT2D eigenvalue weighted by molar-refractivity contribution is -0.165. The fourth-order valence-electron chi connectivity index (χ4n) is 0.637. The molecular formula is C9H17O3. The topological polar surface area (TPSA) is 35.5 Å². The Morgan fingerprint density at radius 3 is 2.33 bits per heavy atom. The van der Waals surface area contributed by atoms with E-state index in [9.17, 15) is 4.79 Å². The molecule has 71 valence electrons. The van der Waals surface area contributed by atoms with Gasteiger partial charge in [-0.05, 0) is 34.6 Å². The molecule has 0 fully saturated rings. The summed E-state index contributed by atoms with van der Waals surface area (Å²) in [7, 11) is 0. The average molecular weight is 173 g/mol. The summed E-state index contributed by atoms with van der Waals surface area (Å²) in [4.78, 5) is 11.1. The minimum atomic E-state index is -0.714. The molecule has 1 unspecified atom stereocenters. The van der Waals surface area contributed by atoms with Gasteiger partial charge < -0.3 is 9.47 Å². The van der Waals surface area contributed by atoms with Crippen LogP contribution in [0.15, 0.2) is 0 Å². The van der Waals surface area contributed by atoms with Crippen LogP contribution in [0.5, 0.6) is 0 Å². The Morgan fingerprint density at radius 2 is 2.00 bits per heavy atom. The van der Waals surface area contributed by atoms with E-state index in [1.807, 2.05) is 27.7 Å². The lowest BCUT2D eigenvalue weighted by Gasteiger charge is -2.21. The molecule has 0 heterocycles. The van der Waals surface area contributed by atoms with Crippen molar-refractivity contribution in [2.24, 2.45) is 0 Å². The first-order valence-corrected chi connectivity index (χ1v) is 4.04. The summed E-state index contributed by atoms with van der Waals surface area (Å²) in [5, 5.41) is 0. The van der Waals surface area contributed by atoms with Gasteiger partial charge in [0.05, 0.1) is 0 Å². The highest BCUT2D eigenvalue weighted by Crippen LogP contribution is 2.09. The first-order chi connectivity index (χ1) is 5.37. The molecule has 0 aromatic heterocycles. The number of hydrogen-bond acceptors (Lipinski definition) is 3. The summed E-state index contributed by atoms with van der Waals surface area (Å²) >= 11 is 0. The summed E-state index contributed by atoms with van der Waals surface area (Å²) in [5.41, 5.74) is -0.468. The predicted molar refractivity (Wildman–Crippen MR) is 46.6 cm³/mol. The van der Waals surface area contributed by atoms with Gasteiger partial charge >= 0.3 is 5.97 Å². The second-order valence-corrected chi connectivity index (χ2v) is 3.48. The maximum Gasteiger partial charge on any atom is 0.335 e. The van der Waals surface area contributed by atoms with E-state index in [-0.39, 0.29) is 0 Å². The zero-order valence-electron chi connectivity index (χ0n) is 8.22. The largest absolute Gasteiger partial charge is 0.458 e. The van der Waals surface area contributed by atoms with Crippen molar-refractivity contribution in [2.75, 3.05) is 6.61 Å². The van der Waals surface area contributed by atoms with Crippen LogP contribution in [0.25, 0.3) is 0 Å². The highest BCUT2D eigenvalue weighted by molar-refractivity contribution is 5.75. The lowest BCUT2D eigenvalue weighted by atomic mass is 10.2. The van der Waals surface area contributed by atoms with Crippen LogP contribution in [-0.2, 0) is 14.3 Å². The van der Waals surface area contributed by atoms with Gasteiger partial charge in [0, 0.05) is 6.61 Å². The van der Waals surface area contributed by atoms with Crippen molar-refractivity contribution in [3.05, 3.63) is 6.92 Å². The molecular weight excluding hydrogens is 156 g/mol. The Balaban J connectivity index is 3.87. The first kappa shape index (κ1) is 11.4. The van der Waals surface area contributed by atoms with Crippen molar-refractivity contribution in [1.29, 1.82) is 0 Å². The molecule has 0 saturated heterocycles. The van der Waals surface area contributed by atoms with Gasteiger partial charge in [0.15, 0.2) is 6.10 Å². The van der Waals surface area contributed by atoms with Crippen LogP contribution in [-0.4, -0.2) is 24.3 Å². The number of esters is 1. The van der Waals surface area contributed by atoms with Crippen molar-refractivity contribution in [3.8, 4) is 0 Å². The van der Waals surface area contributed by atoms with Crippen LogP contribution in [0.2, 0.25) is 0 Å². The quantitative estimate of drug-likeness (QED) is 0.608. The highest BCUT2D eigenvalue weighted by Gasteiger charge is 2.21. The van der Waals surface area contributed by atoms with Crippen molar-refractivity contribution in [2.45, 2.75) is 39.4 Å². The highest BCUT2D eigenvalue weighted by atomic mass is 16.6. The molecule has 0 aromatic carbocycles. The molecule has 3 heteroatoms. The molecule has 0 aliphatic heterocycles. The smallest absolute Gasteiger partial charge is 0.335 e. The Kier molecular flexibility index (Phi) is 4.24. The number of carbonyl (C=O) groups excluding carboxylic acids is 1. The Morgan fingerprint density at radius 1 is 1.50 bits per heavy atom. The standard InChI is InChI=1S/C9H17O3/c1-6-11-7(2)8(10)12-9(3,4)5/h7H,2,6H2,1,3-5H3. The SMILES string of the molecule is [CH2]C(OCC)C(=O)OC(C)(C)C. The minimum Gasteiger partial charge on any atom is -0.458 e.